The fraction of sp³-hybridized carbons (Fsp3) is 0.100. The van der Waals surface area contributed by atoms with E-state index in [1.807, 2.05) is 36.4 Å². The Kier molecular flexibility index (Phi) is 4.29. The zero-order valence-electron chi connectivity index (χ0n) is 13.5. The Labute approximate surface area is 140 Å². The van der Waals surface area contributed by atoms with Crippen LogP contribution in [0.3, 0.4) is 0 Å². The lowest BCUT2D eigenvalue weighted by Crippen LogP contribution is -1.94. The van der Waals surface area contributed by atoms with Crippen molar-refractivity contribution in [3.63, 3.8) is 0 Å². The van der Waals surface area contributed by atoms with Crippen molar-refractivity contribution in [3.8, 4) is 45.3 Å². The molecule has 0 amide bonds. The van der Waals surface area contributed by atoms with Gasteiger partial charge in [-0.1, -0.05) is 24.3 Å². The first-order chi connectivity index (χ1) is 11.6. The Balaban J connectivity index is 2.16. The maximum absolute atomic E-state index is 9.47. The molecule has 0 fully saturated rings. The molecule has 0 unspecified atom stereocenters. The normalized spacial score (nSPS) is 10.4. The predicted octanol–water partition coefficient (Wildman–Crippen LogP) is 4.45. The van der Waals surface area contributed by atoms with Crippen LogP contribution in [0.1, 0.15) is 0 Å². The van der Waals surface area contributed by atoms with Gasteiger partial charge in [0.15, 0.2) is 0 Å². The second-order valence-electron chi connectivity index (χ2n) is 5.35. The highest BCUT2D eigenvalue weighted by atomic mass is 16.5. The van der Waals surface area contributed by atoms with Crippen LogP contribution in [-0.4, -0.2) is 24.4 Å². The Morgan fingerprint density at radius 2 is 0.917 bits per heavy atom. The van der Waals surface area contributed by atoms with E-state index in [4.69, 9.17) is 9.47 Å². The van der Waals surface area contributed by atoms with Crippen LogP contribution >= 0.6 is 0 Å². The van der Waals surface area contributed by atoms with E-state index in [1.54, 1.807) is 38.5 Å². The summed E-state index contributed by atoms with van der Waals surface area (Å²) >= 11 is 0. The molecule has 0 saturated carbocycles. The van der Waals surface area contributed by atoms with Gasteiger partial charge in [-0.15, -0.1) is 0 Å². The number of benzene rings is 3. The molecule has 3 aromatic carbocycles. The molecular formula is C20H18O4. The van der Waals surface area contributed by atoms with Gasteiger partial charge in [0.25, 0.3) is 0 Å². The molecule has 4 nitrogen and oxygen atoms in total. The lowest BCUT2D eigenvalue weighted by molar-refractivity contribution is 0.406. The Morgan fingerprint density at radius 1 is 0.583 bits per heavy atom. The van der Waals surface area contributed by atoms with Crippen molar-refractivity contribution >= 4 is 0 Å². The Morgan fingerprint density at radius 3 is 1.21 bits per heavy atom. The fourth-order valence-electron chi connectivity index (χ4n) is 2.63. The molecule has 4 heteroatoms. The van der Waals surface area contributed by atoms with Crippen LogP contribution in [-0.2, 0) is 0 Å². The minimum atomic E-state index is 0.213. The van der Waals surface area contributed by atoms with E-state index in [1.165, 1.54) is 0 Å². The molecule has 3 aromatic rings. The molecule has 24 heavy (non-hydrogen) atoms. The van der Waals surface area contributed by atoms with Crippen LogP contribution in [0.25, 0.3) is 22.3 Å². The van der Waals surface area contributed by atoms with Gasteiger partial charge in [0.1, 0.15) is 23.0 Å². The molecule has 0 heterocycles. The summed E-state index contributed by atoms with van der Waals surface area (Å²) in [7, 11) is 3.23. The average Bonchev–Trinajstić information content (AvgIpc) is 2.62. The monoisotopic (exact) mass is 322 g/mol. The van der Waals surface area contributed by atoms with Crippen LogP contribution in [0.2, 0.25) is 0 Å². The van der Waals surface area contributed by atoms with Crippen molar-refractivity contribution < 1.29 is 19.7 Å². The van der Waals surface area contributed by atoms with Gasteiger partial charge in [0, 0.05) is 11.1 Å². The van der Waals surface area contributed by atoms with Crippen LogP contribution in [0.5, 0.6) is 23.0 Å². The highest BCUT2D eigenvalue weighted by Gasteiger charge is 2.14. The smallest absolute Gasteiger partial charge is 0.127 e. The van der Waals surface area contributed by atoms with Gasteiger partial charge in [0.05, 0.1) is 14.2 Å². The summed E-state index contributed by atoms with van der Waals surface area (Å²) in [5, 5.41) is 18.9. The summed E-state index contributed by atoms with van der Waals surface area (Å²) in [6.07, 6.45) is 0. The van der Waals surface area contributed by atoms with Gasteiger partial charge in [-0.2, -0.15) is 0 Å². The van der Waals surface area contributed by atoms with E-state index in [2.05, 4.69) is 0 Å². The first-order valence-electron chi connectivity index (χ1n) is 7.47. The highest BCUT2D eigenvalue weighted by molar-refractivity contribution is 5.81. The summed E-state index contributed by atoms with van der Waals surface area (Å²) < 4.78 is 11.1. The summed E-state index contributed by atoms with van der Waals surface area (Å²) in [4.78, 5) is 0. The second-order valence-corrected chi connectivity index (χ2v) is 5.35. The van der Waals surface area contributed by atoms with Gasteiger partial charge >= 0.3 is 0 Å². The van der Waals surface area contributed by atoms with Crippen molar-refractivity contribution in [1.29, 1.82) is 0 Å². The molecule has 0 bridgehead atoms. The molecule has 0 aliphatic carbocycles. The van der Waals surface area contributed by atoms with Gasteiger partial charge in [-0.3, -0.25) is 0 Å². The number of rotatable bonds is 4. The summed E-state index contributed by atoms with van der Waals surface area (Å²) in [5.41, 5.74) is 3.58. The standard InChI is InChI=1S/C20H18O4/c1-23-19-11-18(14-5-9-16(22)10-6-14)20(24-2)12-17(19)13-3-7-15(21)8-4-13/h3-12,21-22H,1-2H3. The lowest BCUT2D eigenvalue weighted by atomic mass is 9.97. The number of phenolic OH excluding ortho intramolecular Hbond substituents is 2. The maximum Gasteiger partial charge on any atom is 0.127 e. The summed E-state index contributed by atoms with van der Waals surface area (Å²) in [6, 6.07) is 17.7. The third-order valence-electron chi connectivity index (χ3n) is 3.88. The molecule has 0 aliphatic heterocycles. The van der Waals surface area contributed by atoms with Crippen LogP contribution in [0.15, 0.2) is 60.7 Å². The van der Waals surface area contributed by atoms with Crippen LogP contribution in [0, 0.1) is 0 Å². The summed E-state index contributed by atoms with van der Waals surface area (Å²) in [6.45, 7) is 0. The number of phenols is 2. The predicted molar refractivity (Wildman–Crippen MR) is 93.7 cm³/mol. The first-order valence-corrected chi connectivity index (χ1v) is 7.47. The molecule has 3 rings (SSSR count). The number of hydrogen-bond donors (Lipinski definition) is 2. The minimum absolute atomic E-state index is 0.213. The SMILES string of the molecule is COc1cc(-c2ccc(O)cc2)c(OC)cc1-c1ccc(O)cc1. The van der Waals surface area contributed by atoms with Crippen molar-refractivity contribution in [2.45, 2.75) is 0 Å². The zero-order chi connectivity index (χ0) is 17.1. The zero-order valence-corrected chi connectivity index (χ0v) is 13.5. The summed E-state index contributed by atoms with van der Waals surface area (Å²) in [5.74, 6) is 1.82. The van der Waals surface area contributed by atoms with Gasteiger partial charge in [-0.25, -0.2) is 0 Å². The van der Waals surface area contributed by atoms with Gasteiger partial charge in [0.2, 0.25) is 0 Å². The Hall–Kier alpha value is -3.14. The highest BCUT2D eigenvalue weighted by Crippen LogP contribution is 2.41. The number of aromatic hydroxyl groups is 2. The van der Waals surface area contributed by atoms with E-state index < -0.39 is 0 Å². The maximum atomic E-state index is 9.47. The van der Waals surface area contributed by atoms with E-state index in [-0.39, 0.29) is 11.5 Å². The molecular weight excluding hydrogens is 304 g/mol. The first kappa shape index (κ1) is 15.7. The van der Waals surface area contributed by atoms with E-state index in [0.717, 1.165) is 22.3 Å². The third-order valence-corrected chi connectivity index (χ3v) is 3.88. The third kappa shape index (κ3) is 2.99. The molecule has 122 valence electrons. The molecule has 0 aromatic heterocycles. The number of methoxy groups -OCH3 is 2. The van der Waals surface area contributed by atoms with Crippen LogP contribution < -0.4 is 9.47 Å². The van der Waals surface area contributed by atoms with Crippen LogP contribution in [0.4, 0.5) is 0 Å². The number of ether oxygens (including phenoxy) is 2. The molecule has 0 aliphatic rings. The Bertz CT molecular complexity index is 764. The van der Waals surface area contributed by atoms with Gasteiger partial charge in [-0.05, 0) is 47.5 Å². The molecule has 0 spiro atoms. The van der Waals surface area contributed by atoms with Crippen molar-refractivity contribution in [3.05, 3.63) is 60.7 Å². The van der Waals surface area contributed by atoms with E-state index in [9.17, 15) is 10.2 Å². The average molecular weight is 322 g/mol. The minimum Gasteiger partial charge on any atom is -0.508 e. The molecule has 2 N–H and O–H groups in total. The number of hydrogen-bond acceptors (Lipinski definition) is 4. The van der Waals surface area contributed by atoms with E-state index >= 15 is 0 Å². The van der Waals surface area contributed by atoms with Gasteiger partial charge < -0.3 is 19.7 Å². The van der Waals surface area contributed by atoms with Crippen molar-refractivity contribution in [2.75, 3.05) is 14.2 Å². The molecule has 0 radical (unpaired) electrons. The largest absolute Gasteiger partial charge is 0.508 e. The van der Waals surface area contributed by atoms with Crippen molar-refractivity contribution in [2.24, 2.45) is 0 Å². The van der Waals surface area contributed by atoms with Crippen molar-refractivity contribution in [1.82, 2.24) is 0 Å². The topological polar surface area (TPSA) is 58.9 Å². The molecule has 0 saturated heterocycles. The molecule has 0 atom stereocenters. The quantitative estimate of drug-likeness (QED) is 0.745. The van der Waals surface area contributed by atoms with E-state index in [0.29, 0.717) is 11.5 Å². The fourth-order valence-corrected chi connectivity index (χ4v) is 2.63. The second kappa shape index (κ2) is 6.54. The lowest BCUT2D eigenvalue weighted by Gasteiger charge is -2.15.